The molecule has 128 valence electrons. The summed E-state index contributed by atoms with van der Waals surface area (Å²) in [5.41, 5.74) is 2.61. The van der Waals surface area contributed by atoms with E-state index < -0.39 is 0 Å². The maximum Gasteiger partial charge on any atom is 0.253 e. The van der Waals surface area contributed by atoms with E-state index in [0.29, 0.717) is 5.56 Å². The molecular weight excluding hydrogens is 302 g/mol. The molecule has 1 unspecified atom stereocenters. The van der Waals surface area contributed by atoms with Gasteiger partial charge in [0.05, 0.1) is 18.4 Å². The van der Waals surface area contributed by atoms with Gasteiger partial charge < -0.3 is 15.4 Å². The van der Waals surface area contributed by atoms with Crippen LogP contribution in [0.1, 0.15) is 36.2 Å². The van der Waals surface area contributed by atoms with Crippen LogP contribution in [0.2, 0.25) is 0 Å². The predicted octanol–water partition coefficient (Wildman–Crippen LogP) is 3.27. The van der Waals surface area contributed by atoms with E-state index >= 15 is 0 Å². The number of carbonyl (C=O) groups is 1. The van der Waals surface area contributed by atoms with Crippen molar-refractivity contribution in [1.29, 1.82) is 0 Å². The number of anilines is 1. The first kappa shape index (κ1) is 17.8. The lowest BCUT2D eigenvalue weighted by molar-refractivity contribution is 0.0939. The van der Waals surface area contributed by atoms with Crippen molar-refractivity contribution in [2.45, 2.75) is 32.7 Å². The van der Waals surface area contributed by atoms with Crippen molar-refractivity contribution in [3.63, 3.8) is 0 Å². The second-order valence-electron chi connectivity index (χ2n) is 5.77. The molecule has 2 rings (SSSR count). The Labute approximate surface area is 143 Å². The fourth-order valence-electron chi connectivity index (χ4n) is 2.25. The molecule has 5 nitrogen and oxygen atoms in total. The Morgan fingerprint density at radius 2 is 2.12 bits per heavy atom. The molecule has 0 spiro atoms. The van der Waals surface area contributed by atoms with Crippen molar-refractivity contribution in [2.75, 3.05) is 19.0 Å². The number of carbonyl (C=O) groups excluding carboxylic acids is 1. The first-order valence-corrected chi connectivity index (χ1v) is 8.25. The lowest BCUT2D eigenvalue weighted by atomic mass is 10.1. The van der Waals surface area contributed by atoms with Gasteiger partial charge in [-0.15, -0.1) is 0 Å². The molecule has 24 heavy (non-hydrogen) atoms. The number of ether oxygens (including phenoxy) is 1. The second-order valence-corrected chi connectivity index (χ2v) is 5.77. The highest BCUT2D eigenvalue weighted by atomic mass is 16.5. The van der Waals surface area contributed by atoms with E-state index in [-0.39, 0.29) is 11.9 Å². The summed E-state index contributed by atoms with van der Waals surface area (Å²) in [7, 11) is 1.67. The number of methoxy groups -OCH3 is 1. The largest absolute Gasteiger partial charge is 0.497 e. The molecule has 1 heterocycles. The summed E-state index contributed by atoms with van der Waals surface area (Å²) >= 11 is 0. The van der Waals surface area contributed by atoms with E-state index in [9.17, 15) is 4.79 Å². The summed E-state index contributed by atoms with van der Waals surface area (Å²) in [5.74, 6) is 0.770. The molecule has 0 aliphatic heterocycles. The van der Waals surface area contributed by atoms with Crippen LogP contribution < -0.4 is 15.4 Å². The normalized spacial score (nSPS) is 11.6. The van der Waals surface area contributed by atoms with Gasteiger partial charge in [-0.3, -0.25) is 9.78 Å². The number of rotatable bonds is 8. The van der Waals surface area contributed by atoms with Crippen LogP contribution in [0, 0.1) is 0 Å². The summed E-state index contributed by atoms with van der Waals surface area (Å²) in [6.45, 7) is 4.78. The van der Waals surface area contributed by atoms with E-state index in [1.807, 2.05) is 38.1 Å². The molecule has 2 aromatic rings. The highest BCUT2D eigenvalue weighted by Gasteiger charge is 2.09. The summed E-state index contributed by atoms with van der Waals surface area (Å²) in [6.07, 6.45) is 5.08. The Morgan fingerprint density at radius 3 is 2.88 bits per heavy atom. The van der Waals surface area contributed by atoms with Gasteiger partial charge in [0.15, 0.2) is 0 Å². The molecular formula is C19H25N3O2. The van der Waals surface area contributed by atoms with Crippen molar-refractivity contribution >= 4 is 11.6 Å². The quantitative estimate of drug-likeness (QED) is 0.781. The molecule has 0 fully saturated rings. The van der Waals surface area contributed by atoms with Gasteiger partial charge in [0, 0.05) is 25.0 Å². The third-order valence-corrected chi connectivity index (χ3v) is 3.87. The first-order chi connectivity index (χ1) is 11.6. The summed E-state index contributed by atoms with van der Waals surface area (Å²) < 4.78 is 5.23. The molecule has 0 saturated carbocycles. The lowest BCUT2D eigenvalue weighted by Crippen LogP contribution is -2.32. The molecule has 1 atom stereocenters. The second kappa shape index (κ2) is 8.91. The van der Waals surface area contributed by atoms with Crippen LogP contribution in [0.25, 0.3) is 0 Å². The smallest absolute Gasteiger partial charge is 0.253 e. The minimum Gasteiger partial charge on any atom is -0.497 e. The molecule has 2 N–H and O–H groups in total. The van der Waals surface area contributed by atoms with Crippen LogP contribution in [0.5, 0.6) is 5.75 Å². The van der Waals surface area contributed by atoms with Gasteiger partial charge >= 0.3 is 0 Å². The number of hydrogen-bond acceptors (Lipinski definition) is 4. The van der Waals surface area contributed by atoms with Gasteiger partial charge in [-0.1, -0.05) is 19.1 Å². The molecule has 0 radical (unpaired) electrons. The van der Waals surface area contributed by atoms with Gasteiger partial charge in [0.2, 0.25) is 0 Å². The number of pyridine rings is 1. The average molecular weight is 327 g/mol. The van der Waals surface area contributed by atoms with Gasteiger partial charge in [-0.05, 0) is 43.5 Å². The predicted molar refractivity (Wildman–Crippen MR) is 96.6 cm³/mol. The summed E-state index contributed by atoms with van der Waals surface area (Å²) in [6, 6.07) is 9.99. The molecule has 1 aromatic carbocycles. The van der Waals surface area contributed by atoms with Crippen molar-refractivity contribution in [1.82, 2.24) is 10.3 Å². The van der Waals surface area contributed by atoms with Crippen molar-refractivity contribution < 1.29 is 9.53 Å². The third-order valence-electron chi connectivity index (χ3n) is 3.87. The molecule has 0 aliphatic rings. The molecule has 1 amide bonds. The fourth-order valence-corrected chi connectivity index (χ4v) is 2.25. The van der Waals surface area contributed by atoms with Crippen molar-refractivity contribution in [2.24, 2.45) is 0 Å². The van der Waals surface area contributed by atoms with Crippen molar-refractivity contribution in [3.8, 4) is 5.75 Å². The highest BCUT2D eigenvalue weighted by Crippen LogP contribution is 2.14. The van der Waals surface area contributed by atoms with Crippen LogP contribution in [-0.2, 0) is 6.42 Å². The highest BCUT2D eigenvalue weighted by molar-refractivity contribution is 5.94. The number of amides is 1. The lowest BCUT2D eigenvalue weighted by Gasteiger charge is -2.12. The Hall–Kier alpha value is -2.56. The van der Waals surface area contributed by atoms with Crippen LogP contribution in [-0.4, -0.2) is 30.6 Å². The SMILES string of the molecule is CCC(C)NC(=O)c1cncc(NCCc2cccc(OC)c2)c1. The van der Waals surface area contributed by atoms with Crippen molar-refractivity contribution in [3.05, 3.63) is 53.9 Å². The molecule has 1 aromatic heterocycles. The molecule has 0 aliphatic carbocycles. The van der Waals surface area contributed by atoms with Gasteiger partial charge in [0.1, 0.15) is 5.75 Å². The number of aromatic nitrogens is 1. The number of benzene rings is 1. The minimum absolute atomic E-state index is 0.0895. The Balaban J connectivity index is 1.91. The number of hydrogen-bond donors (Lipinski definition) is 2. The van der Waals surface area contributed by atoms with E-state index in [1.54, 1.807) is 19.5 Å². The summed E-state index contributed by atoms with van der Waals surface area (Å²) in [5, 5.41) is 6.26. The van der Waals surface area contributed by atoms with Crippen LogP contribution in [0.4, 0.5) is 5.69 Å². The third kappa shape index (κ3) is 5.26. The number of nitrogens with zero attached hydrogens (tertiary/aromatic N) is 1. The first-order valence-electron chi connectivity index (χ1n) is 8.25. The summed E-state index contributed by atoms with van der Waals surface area (Å²) in [4.78, 5) is 16.3. The van der Waals surface area contributed by atoms with Gasteiger partial charge in [-0.2, -0.15) is 0 Å². The molecule has 5 heteroatoms. The van der Waals surface area contributed by atoms with Crippen LogP contribution in [0.3, 0.4) is 0 Å². The van der Waals surface area contributed by atoms with E-state index in [0.717, 1.165) is 30.8 Å². The van der Waals surface area contributed by atoms with Gasteiger partial charge in [-0.25, -0.2) is 0 Å². The zero-order valence-electron chi connectivity index (χ0n) is 14.5. The Bertz CT molecular complexity index is 673. The van der Waals surface area contributed by atoms with Crippen LogP contribution >= 0.6 is 0 Å². The number of nitrogens with one attached hydrogen (secondary N) is 2. The maximum absolute atomic E-state index is 12.1. The Kier molecular flexibility index (Phi) is 6.61. The maximum atomic E-state index is 12.1. The van der Waals surface area contributed by atoms with Gasteiger partial charge in [0.25, 0.3) is 5.91 Å². The van der Waals surface area contributed by atoms with E-state index in [4.69, 9.17) is 4.74 Å². The zero-order chi connectivity index (χ0) is 17.4. The Morgan fingerprint density at radius 1 is 1.29 bits per heavy atom. The topological polar surface area (TPSA) is 63.2 Å². The fraction of sp³-hybridized carbons (Fsp3) is 0.368. The average Bonchev–Trinajstić information content (AvgIpc) is 2.62. The van der Waals surface area contributed by atoms with E-state index in [2.05, 4.69) is 21.7 Å². The minimum atomic E-state index is -0.0895. The molecule has 0 bridgehead atoms. The van der Waals surface area contributed by atoms with E-state index in [1.165, 1.54) is 5.56 Å². The molecule has 0 saturated heterocycles. The monoisotopic (exact) mass is 327 g/mol. The standard InChI is InChI=1S/C19H25N3O2/c1-4-14(2)22-19(23)16-11-17(13-20-12-16)21-9-8-15-6-5-7-18(10-15)24-3/h5-7,10-14,21H,4,8-9H2,1-3H3,(H,22,23). The zero-order valence-corrected chi connectivity index (χ0v) is 14.5. The van der Waals surface area contributed by atoms with Crippen LogP contribution in [0.15, 0.2) is 42.7 Å².